The van der Waals surface area contributed by atoms with Gasteiger partial charge in [0.15, 0.2) is 0 Å². The number of rotatable bonds is 5. The first-order valence-corrected chi connectivity index (χ1v) is 7.35. The van der Waals surface area contributed by atoms with Gasteiger partial charge in [-0.1, -0.05) is 6.07 Å². The number of hydrogen-bond acceptors (Lipinski definition) is 5. The second kappa shape index (κ2) is 5.61. The van der Waals surface area contributed by atoms with Crippen LogP contribution in [0.25, 0.3) is 0 Å². The summed E-state index contributed by atoms with van der Waals surface area (Å²) in [7, 11) is -2.22. The van der Waals surface area contributed by atoms with Crippen LogP contribution in [-0.4, -0.2) is 38.4 Å². The van der Waals surface area contributed by atoms with Gasteiger partial charge in [0.1, 0.15) is 10.8 Å². The zero-order chi connectivity index (χ0) is 13.1. The highest BCUT2D eigenvalue weighted by Gasteiger charge is 2.24. The number of carbonyl (C=O) groups is 1. The zero-order valence-corrected chi connectivity index (χ0v) is 11.5. The average Bonchev–Trinajstić information content (AvgIpc) is 2.68. The zero-order valence-electron chi connectivity index (χ0n) is 9.91. The highest BCUT2D eigenvalue weighted by molar-refractivity contribution is 7.91. The lowest BCUT2D eigenvalue weighted by Gasteiger charge is -2.16. The Hall–Kier alpha value is -0.920. The minimum absolute atomic E-state index is 0.220. The molecule has 0 radical (unpaired) electrons. The van der Waals surface area contributed by atoms with Crippen LogP contribution in [0.4, 0.5) is 0 Å². The van der Waals surface area contributed by atoms with Crippen molar-refractivity contribution in [2.45, 2.75) is 24.2 Å². The quantitative estimate of drug-likeness (QED) is 0.761. The molecule has 17 heavy (non-hydrogen) atoms. The van der Waals surface area contributed by atoms with Crippen LogP contribution < -0.4 is 0 Å². The Morgan fingerprint density at radius 2 is 2.18 bits per heavy atom. The maximum atomic E-state index is 11.9. The summed E-state index contributed by atoms with van der Waals surface area (Å²) >= 11 is 1.12. The third-order valence-corrected chi connectivity index (χ3v) is 5.05. The second-order valence-electron chi connectivity index (χ2n) is 3.73. The molecule has 1 rings (SSSR count). The Bertz CT molecular complexity index is 465. The monoisotopic (exact) mass is 277 g/mol. The highest BCUT2D eigenvalue weighted by Crippen LogP contribution is 2.19. The number of carbonyl (C=O) groups excluding carboxylic acids is 1. The lowest BCUT2D eigenvalue weighted by Crippen LogP contribution is -2.33. The Labute approximate surface area is 105 Å². The Morgan fingerprint density at radius 3 is 2.65 bits per heavy atom. The molecule has 0 aliphatic heterocycles. The van der Waals surface area contributed by atoms with Crippen molar-refractivity contribution in [2.24, 2.45) is 0 Å². The minimum atomic E-state index is -3.58. The first-order valence-electron chi connectivity index (χ1n) is 5.03. The number of sulfonamides is 1. The fourth-order valence-electron chi connectivity index (χ4n) is 1.13. The molecule has 0 aromatic carbocycles. The van der Waals surface area contributed by atoms with Crippen molar-refractivity contribution < 1.29 is 17.9 Å². The summed E-state index contributed by atoms with van der Waals surface area (Å²) in [5, 5.41) is 1.67. The molecule has 0 aliphatic carbocycles. The Kier molecular flexibility index (Phi) is 4.67. The van der Waals surface area contributed by atoms with Crippen molar-refractivity contribution in [3.63, 3.8) is 0 Å². The molecule has 0 saturated carbocycles. The van der Waals surface area contributed by atoms with Crippen LogP contribution in [0.1, 0.15) is 13.8 Å². The van der Waals surface area contributed by atoms with Crippen LogP contribution in [0.2, 0.25) is 0 Å². The van der Waals surface area contributed by atoms with E-state index in [-0.39, 0.29) is 16.9 Å². The van der Waals surface area contributed by atoms with Crippen molar-refractivity contribution in [1.82, 2.24) is 4.31 Å². The molecule has 0 atom stereocenters. The summed E-state index contributed by atoms with van der Waals surface area (Å²) in [4.78, 5) is 11.4. The number of likely N-dealkylation sites (N-methyl/N-ethyl adjacent to an activating group) is 1. The highest BCUT2D eigenvalue weighted by atomic mass is 32.2. The maximum absolute atomic E-state index is 11.9. The van der Waals surface area contributed by atoms with Gasteiger partial charge < -0.3 is 4.74 Å². The van der Waals surface area contributed by atoms with Gasteiger partial charge in [0.2, 0.25) is 0 Å². The van der Waals surface area contributed by atoms with Gasteiger partial charge in [0.05, 0.1) is 6.10 Å². The molecule has 0 aliphatic rings. The first-order chi connectivity index (χ1) is 7.84. The molecule has 96 valence electrons. The predicted octanol–water partition coefficient (Wildman–Crippen LogP) is 1.32. The van der Waals surface area contributed by atoms with Crippen molar-refractivity contribution in [1.29, 1.82) is 0 Å². The van der Waals surface area contributed by atoms with E-state index < -0.39 is 16.0 Å². The predicted molar refractivity (Wildman–Crippen MR) is 65.4 cm³/mol. The molecule has 0 spiro atoms. The number of ether oxygens (including phenoxy) is 1. The van der Waals surface area contributed by atoms with E-state index in [1.165, 1.54) is 13.1 Å². The van der Waals surface area contributed by atoms with E-state index in [2.05, 4.69) is 0 Å². The van der Waals surface area contributed by atoms with Crippen LogP contribution in [0.5, 0.6) is 0 Å². The van der Waals surface area contributed by atoms with Crippen LogP contribution in [0.3, 0.4) is 0 Å². The SMILES string of the molecule is CC(C)OC(=O)CN(C)S(=O)(=O)c1cccs1. The normalized spacial score (nSPS) is 12.1. The maximum Gasteiger partial charge on any atom is 0.321 e. The number of esters is 1. The van der Waals surface area contributed by atoms with Crippen LogP contribution >= 0.6 is 11.3 Å². The second-order valence-corrected chi connectivity index (χ2v) is 6.95. The van der Waals surface area contributed by atoms with E-state index in [0.29, 0.717) is 0 Å². The van der Waals surface area contributed by atoms with E-state index in [0.717, 1.165) is 15.6 Å². The smallest absolute Gasteiger partial charge is 0.321 e. The van der Waals surface area contributed by atoms with E-state index >= 15 is 0 Å². The summed E-state index contributed by atoms with van der Waals surface area (Å²) in [5.41, 5.74) is 0. The van der Waals surface area contributed by atoms with E-state index in [1.54, 1.807) is 25.3 Å². The number of nitrogens with zero attached hydrogens (tertiary/aromatic N) is 1. The van der Waals surface area contributed by atoms with Crippen LogP contribution in [0, 0.1) is 0 Å². The molecule has 5 nitrogen and oxygen atoms in total. The van der Waals surface area contributed by atoms with Crippen molar-refractivity contribution in [3.8, 4) is 0 Å². The van der Waals surface area contributed by atoms with Crippen molar-refractivity contribution in [2.75, 3.05) is 13.6 Å². The average molecular weight is 277 g/mol. The molecule has 1 heterocycles. The van der Waals surface area contributed by atoms with Crippen molar-refractivity contribution in [3.05, 3.63) is 17.5 Å². The van der Waals surface area contributed by atoms with Gasteiger partial charge in [-0.05, 0) is 25.3 Å². The third kappa shape index (κ3) is 3.79. The fourth-order valence-corrected chi connectivity index (χ4v) is 3.45. The van der Waals surface area contributed by atoms with Gasteiger partial charge in [0.25, 0.3) is 10.0 Å². The Morgan fingerprint density at radius 1 is 1.53 bits per heavy atom. The molecule has 0 saturated heterocycles. The van der Waals surface area contributed by atoms with Crippen LogP contribution in [-0.2, 0) is 19.6 Å². The topological polar surface area (TPSA) is 63.7 Å². The lowest BCUT2D eigenvalue weighted by atomic mass is 10.5. The molecule has 0 N–H and O–H groups in total. The van der Waals surface area contributed by atoms with Gasteiger partial charge in [-0.15, -0.1) is 11.3 Å². The van der Waals surface area contributed by atoms with Gasteiger partial charge in [-0.2, -0.15) is 4.31 Å². The van der Waals surface area contributed by atoms with E-state index in [4.69, 9.17) is 4.74 Å². The molecule has 7 heteroatoms. The standard InChI is InChI=1S/C10H15NO4S2/c1-8(2)15-9(12)7-11(3)17(13,14)10-5-4-6-16-10/h4-6,8H,7H2,1-3H3. The molecule has 0 bridgehead atoms. The molecular formula is C10H15NO4S2. The largest absolute Gasteiger partial charge is 0.462 e. The van der Waals surface area contributed by atoms with E-state index in [1.807, 2.05) is 0 Å². The van der Waals surface area contributed by atoms with Crippen LogP contribution in [0.15, 0.2) is 21.7 Å². The fraction of sp³-hybridized carbons (Fsp3) is 0.500. The van der Waals surface area contributed by atoms with Gasteiger partial charge in [-0.25, -0.2) is 8.42 Å². The van der Waals surface area contributed by atoms with Crippen molar-refractivity contribution >= 4 is 27.3 Å². The summed E-state index contributed by atoms with van der Waals surface area (Å²) < 4.78 is 30.0. The molecule has 0 unspecified atom stereocenters. The molecular weight excluding hydrogens is 262 g/mol. The summed E-state index contributed by atoms with van der Waals surface area (Å²) in [6.07, 6.45) is -0.250. The molecule has 0 amide bonds. The lowest BCUT2D eigenvalue weighted by molar-refractivity contribution is -0.147. The first kappa shape index (κ1) is 14.1. The number of hydrogen-bond donors (Lipinski definition) is 0. The Balaban J connectivity index is 2.71. The summed E-state index contributed by atoms with van der Waals surface area (Å²) in [6, 6.07) is 3.15. The van der Waals surface area contributed by atoms with E-state index in [9.17, 15) is 13.2 Å². The number of thiophene rings is 1. The summed E-state index contributed by atoms with van der Waals surface area (Å²) in [6.45, 7) is 3.15. The molecule has 1 aromatic heterocycles. The van der Waals surface area contributed by atoms with Gasteiger partial charge >= 0.3 is 5.97 Å². The third-order valence-electron chi connectivity index (χ3n) is 1.88. The minimum Gasteiger partial charge on any atom is -0.462 e. The molecule has 0 fully saturated rings. The summed E-state index contributed by atoms with van der Waals surface area (Å²) in [5.74, 6) is -0.553. The van der Waals surface area contributed by atoms with Gasteiger partial charge in [0, 0.05) is 7.05 Å². The van der Waals surface area contributed by atoms with Gasteiger partial charge in [-0.3, -0.25) is 4.79 Å². The molecule has 1 aromatic rings.